The first kappa shape index (κ1) is 14.3. The van der Waals surface area contributed by atoms with Crippen molar-refractivity contribution >= 4 is 42.0 Å². The summed E-state index contributed by atoms with van der Waals surface area (Å²) in [7, 11) is -4.65. The van der Waals surface area contributed by atoms with Gasteiger partial charge in [-0.05, 0) is 0 Å². The highest BCUT2D eigenvalue weighted by molar-refractivity contribution is 9.10. The van der Waals surface area contributed by atoms with Crippen LogP contribution in [0.5, 0.6) is 0 Å². The molecule has 0 spiro atoms. The number of halogens is 2. The van der Waals surface area contributed by atoms with E-state index in [1.54, 1.807) is 0 Å². The Morgan fingerprint density at radius 2 is 1.64 bits per heavy atom. The van der Waals surface area contributed by atoms with Crippen LogP contribution in [0.3, 0.4) is 0 Å². The minimum atomic E-state index is -4.65. The van der Waals surface area contributed by atoms with E-state index in [4.69, 9.17) is 5.11 Å². The number of hydrogen-bond acceptors (Lipinski definition) is 4. The minimum absolute atomic E-state index is 0. The summed E-state index contributed by atoms with van der Waals surface area (Å²) in [6, 6.07) is 0. The van der Waals surface area contributed by atoms with Gasteiger partial charge in [-0.3, -0.25) is 0 Å². The molecule has 8 heteroatoms. The van der Waals surface area contributed by atoms with Gasteiger partial charge in [-0.25, -0.2) is 8.42 Å². The first-order valence-corrected chi connectivity index (χ1v) is 5.82. The average molecular weight is 315 g/mol. The van der Waals surface area contributed by atoms with Crippen LogP contribution in [-0.4, -0.2) is 33.7 Å². The van der Waals surface area contributed by atoms with Crippen LogP contribution in [0.4, 0.5) is 0 Å². The van der Waals surface area contributed by atoms with Gasteiger partial charge in [0.1, 0.15) is 10.1 Å². The van der Waals surface area contributed by atoms with Crippen LogP contribution >= 0.6 is 31.9 Å². The van der Waals surface area contributed by atoms with Crippen molar-refractivity contribution in [2.45, 2.75) is 4.93 Å². The van der Waals surface area contributed by atoms with Crippen molar-refractivity contribution in [1.82, 2.24) is 6.15 Å². The lowest BCUT2D eigenvalue weighted by molar-refractivity contribution is 0.162. The third-order valence-corrected chi connectivity index (χ3v) is 4.70. The molecule has 70 valence electrons. The topological polar surface area (TPSA) is 114 Å². The van der Waals surface area contributed by atoms with E-state index in [1.807, 2.05) is 0 Å². The van der Waals surface area contributed by atoms with Gasteiger partial charge in [0.05, 0.1) is 0 Å². The van der Waals surface area contributed by atoms with Crippen molar-refractivity contribution in [3.63, 3.8) is 0 Å². The number of quaternary nitrogens is 1. The molecule has 11 heavy (non-hydrogen) atoms. The highest BCUT2D eigenvalue weighted by Crippen LogP contribution is 2.17. The molecule has 5 nitrogen and oxygen atoms in total. The van der Waals surface area contributed by atoms with Crippen LogP contribution in [0.15, 0.2) is 0 Å². The first-order valence-electron chi connectivity index (χ1n) is 2.17. The largest absolute Gasteiger partial charge is 0.746 e. The molecule has 0 aromatic rings. The Balaban J connectivity index is 0. The maximum atomic E-state index is 10.2. The second-order valence-electron chi connectivity index (χ2n) is 1.67. The van der Waals surface area contributed by atoms with Crippen molar-refractivity contribution in [3.05, 3.63) is 0 Å². The second kappa shape index (κ2) is 4.73. The van der Waals surface area contributed by atoms with Gasteiger partial charge in [0.15, 0.2) is 4.93 Å². The summed E-state index contributed by atoms with van der Waals surface area (Å²) in [5, 5.41) is 8.38. The Morgan fingerprint density at radius 3 is 1.64 bits per heavy atom. The Labute approximate surface area is 81.8 Å². The molecule has 0 aliphatic carbocycles. The van der Waals surface area contributed by atoms with E-state index in [0.29, 0.717) is 0 Å². The zero-order chi connectivity index (χ0) is 8.41. The van der Waals surface area contributed by atoms with Gasteiger partial charge >= 0.3 is 0 Å². The van der Waals surface area contributed by atoms with Crippen LogP contribution in [0.25, 0.3) is 0 Å². The van der Waals surface area contributed by atoms with Crippen LogP contribution in [0, 0.1) is 0 Å². The van der Waals surface area contributed by atoms with E-state index in [0.717, 1.165) is 0 Å². The van der Waals surface area contributed by atoms with Gasteiger partial charge in [0.2, 0.25) is 0 Å². The molecule has 0 radical (unpaired) electrons. The Bertz CT molecular complexity index is 199. The molecule has 0 aromatic carbocycles. The third kappa shape index (κ3) is 3.34. The van der Waals surface area contributed by atoms with E-state index in [2.05, 4.69) is 31.9 Å². The standard InChI is InChI=1S/C3H6Br2O4S.H3N/c4-1-3(6,2-5)10(7,8)9;/h6H,1-2H2,(H,7,8,9);1H3. The summed E-state index contributed by atoms with van der Waals surface area (Å²) in [6.07, 6.45) is 0. The minimum Gasteiger partial charge on any atom is -0.746 e. The Hall–Kier alpha value is 0.790. The maximum Gasteiger partial charge on any atom is 0.173 e. The first-order chi connectivity index (χ1) is 4.37. The molecule has 0 amide bonds. The normalized spacial score (nSPS) is 12.4. The molecule has 0 rings (SSSR count). The summed E-state index contributed by atoms with van der Waals surface area (Å²) in [6.45, 7) is 0. The molecule has 5 N–H and O–H groups in total. The van der Waals surface area contributed by atoms with Gasteiger partial charge in [-0.2, -0.15) is 0 Å². The molecule has 0 heterocycles. The molecule has 0 bridgehead atoms. The molecule has 0 atom stereocenters. The molecule has 0 saturated carbocycles. The molecule has 0 unspecified atom stereocenters. The van der Waals surface area contributed by atoms with Crippen LogP contribution in [0.2, 0.25) is 0 Å². The van der Waals surface area contributed by atoms with Crippen molar-refractivity contribution in [2.24, 2.45) is 0 Å². The predicted molar refractivity (Wildman–Crippen MR) is 48.2 cm³/mol. The van der Waals surface area contributed by atoms with Crippen molar-refractivity contribution in [2.75, 3.05) is 10.7 Å². The van der Waals surface area contributed by atoms with Crippen LogP contribution in [-0.2, 0) is 10.1 Å². The van der Waals surface area contributed by atoms with Crippen molar-refractivity contribution in [1.29, 1.82) is 0 Å². The van der Waals surface area contributed by atoms with Gasteiger partial charge in [0, 0.05) is 10.7 Å². The predicted octanol–water partition coefficient (Wildman–Crippen LogP) is 0.386. The number of alkyl halides is 2. The zero-order valence-electron chi connectivity index (χ0n) is 5.75. The number of hydrogen-bond donors (Lipinski definition) is 2. The summed E-state index contributed by atoms with van der Waals surface area (Å²) >= 11 is 5.42. The fourth-order valence-electron chi connectivity index (χ4n) is 0.169. The van der Waals surface area contributed by atoms with Crippen LogP contribution < -0.4 is 6.15 Å². The lowest BCUT2D eigenvalue weighted by atomic mass is 10.5. The third-order valence-electron chi connectivity index (χ3n) is 0.883. The van der Waals surface area contributed by atoms with Crippen molar-refractivity contribution in [3.8, 4) is 0 Å². The SMILES string of the molecule is O=S(=O)([O-])C(O)(CBr)CBr.[NH4+]. The summed E-state index contributed by atoms with van der Waals surface area (Å²) in [5.41, 5.74) is 0. The van der Waals surface area contributed by atoms with Gasteiger partial charge < -0.3 is 15.8 Å². The van der Waals surface area contributed by atoms with E-state index < -0.39 is 15.1 Å². The monoisotopic (exact) mass is 313 g/mol. The maximum absolute atomic E-state index is 10.2. The highest BCUT2D eigenvalue weighted by atomic mass is 79.9. The van der Waals surface area contributed by atoms with Gasteiger partial charge in [-0.1, -0.05) is 31.9 Å². The molecule has 0 aromatic heterocycles. The quantitative estimate of drug-likeness (QED) is 0.579. The molecular formula is C3H9Br2NO4S. The molecule has 0 fully saturated rings. The summed E-state index contributed by atoms with van der Waals surface area (Å²) in [5.74, 6) is 0. The molecule has 0 saturated heterocycles. The summed E-state index contributed by atoms with van der Waals surface area (Å²) < 4.78 is 30.7. The summed E-state index contributed by atoms with van der Waals surface area (Å²) in [4.78, 5) is -2.23. The number of rotatable bonds is 3. The van der Waals surface area contributed by atoms with E-state index in [9.17, 15) is 13.0 Å². The molecule has 0 aliphatic heterocycles. The Morgan fingerprint density at radius 1 is 1.36 bits per heavy atom. The average Bonchev–Trinajstić information content (AvgIpc) is 1.84. The van der Waals surface area contributed by atoms with Crippen molar-refractivity contribution < 1.29 is 18.1 Å². The number of aliphatic hydroxyl groups is 1. The zero-order valence-corrected chi connectivity index (χ0v) is 9.74. The second-order valence-corrected chi connectivity index (χ2v) is 4.46. The van der Waals surface area contributed by atoms with Gasteiger partial charge in [-0.15, -0.1) is 0 Å². The molecular weight excluding hydrogens is 306 g/mol. The smallest absolute Gasteiger partial charge is 0.173 e. The van der Waals surface area contributed by atoms with Gasteiger partial charge in [0.25, 0.3) is 0 Å². The fraction of sp³-hybridized carbons (Fsp3) is 1.00. The van der Waals surface area contributed by atoms with E-state index in [-0.39, 0.29) is 16.8 Å². The lowest BCUT2D eigenvalue weighted by Crippen LogP contribution is -2.41. The van der Waals surface area contributed by atoms with E-state index >= 15 is 0 Å². The highest BCUT2D eigenvalue weighted by Gasteiger charge is 2.31. The fourth-order valence-corrected chi connectivity index (χ4v) is 3.05. The molecule has 0 aliphatic rings. The Kier molecular flexibility index (Phi) is 6.16. The lowest BCUT2D eigenvalue weighted by Gasteiger charge is -2.26. The van der Waals surface area contributed by atoms with E-state index in [1.165, 1.54) is 0 Å². The van der Waals surface area contributed by atoms with Crippen LogP contribution in [0.1, 0.15) is 0 Å².